The number of benzene rings is 2. The van der Waals surface area contributed by atoms with Crippen LogP contribution in [0.25, 0.3) is 22.0 Å². The van der Waals surface area contributed by atoms with Crippen LogP contribution in [0.5, 0.6) is 11.5 Å². The molecule has 4 rings (SSSR count). The minimum absolute atomic E-state index is 0.212. The first-order chi connectivity index (χ1) is 10.3. The first-order valence-electron chi connectivity index (χ1n) is 6.59. The van der Waals surface area contributed by atoms with Gasteiger partial charge in [0.15, 0.2) is 0 Å². The van der Waals surface area contributed by atoms with E-state index in [1.165, 1.54) is 0 Å². The van der Waals surface area contributed by atoms with E-state index in [9.17, 15) is 4.79 Å². The van der Waals surface area contributed by atoms with Crippen molar-refractivity contribution in [1.82, 2.24) is 10.2 Å². The summed E-state index contributed by atoms with van der Waals surface area (Å²) >= 11 is 0. The zero-order valence-corrected chi connectivity index (χ0v) is 11.3. The van der Waals surface area contributed by atoms with Gasteiger partial charge in [-0.1, -0.05) is 12.1 Å². The zero-order valence-electron chi connectivity index (χ0n) is 11.3. The molecule has 5 heteroatoms. The van der Waals surface area contributed by atoms with Crippen LogP contribution >= 0.6 is 0 Å². The lowest BCUT2D eigenvalue weighted by molar-refractivity contribution is 0.185. The third-order valence-corrected chi connectivity index (χ3v) is 3.61. The molecule has 104 valence electrons. The molecule has 0 atom stereocenters. The molecule has 2 aromatic carbocycles. The molecule has 1 aliphatic heterocycles. The van der Waals surface area contributed by atoms with Crippen molar-refractivity contribution in [2.45, 2.75) is 6.61 Å². The van der Waals surface area contributed by atoms with Crippen molar-refractivity contribution in [2.24, 2.45) is 0 Å². The molecule has 3 aromatic rings. The van der Waals surface area contributed by atoms with Crippen LogP contribution in [-0.2, 0) is 11.3 Å². The topological polar surface area (TPSA) is 64.2 Å². The fourth-order valence-electron chi connectivity index (χ4n) is 2.69. The van der Waals surface area contributed by atoms with Gasteiger partial charge in [-0.25, -0.2) is 5.10 Å². The normalized spacial score (nSPS) is 12.0. The average molecular weight is 280 g/mol. The Morgan fingerprint density at radius 2 is 2.14 bits per heavy atom. The number of rotatable bonds is 2. The number of aromatic amines is 1. The number of hydrogen-bond donors (Lipinski definition) is 1. The number of nitrogens with one attached hydrogen (secondary N) is 1. The highest BCUT2D eigenvalue weighted by Crippen LogP contribution is 2.44. The Morgan fingerprint density at radius 1 is 1.24 bits per heavy atom. The van der Waals surface area contributed by atoms with Crippen molar-refractivity contribution in [3.8, 4) is 22.8 Å². The molecule has 0 unspecified atom stereocenters. The highest BCUT2D eigenvalue weighted by atomic mass is 16.5. The Morgan fingerprint density at radius 3 is 3.00 bits per heavy atom. The van der Waals surface area contributed by atoms with E-state index in [-0.39, 0.29) is 5.56 Å². The van der Waals surface area contributed by atoms with E-state index >= 15 is 0 Å². The molecular weight excluding hydrogens is 268 g/mol. The third-order valence-electron chi connectivity index (χ3n) is 3.61. The van der Waals surface area contributed by atoms with Crippen LogP contribution in [0.1, 0.15) is 5.56 Å². The molecule has 2 heterocycles. The van der Waals surface area contributed by atoms with Crippen molar-refractivity contribution in [1.29, 1.82) is 0 Å². The van der Waals surface area contributed by atoms with E-state index in [1.807, 2.05) is 24.3 Å². The number of hydrogen-bond acceptors (Lipinski definition) is 4. The van der Waals surface area contributed by atoms with Gasteiger partial charge in [-0.3, -0.25) is 4.79 Å². The molecule has 0 bridgehead atoms. The van der Waals surface area contributed by atoms with Gasteiger partial charge >= 0.3 is 0 Å². The van der Waals surface area contributed by atoms with Crippen molar-refractivity contribution >= 4 is 10.8 Å². The van der Waals surface area contributed by atoms with Gasteiger partial charge in [-0.2, -0.15) is 5.10 Å². The SMILES string of the molecule is COCc1ccc2c(c1)-c1n[nH]c(=O)c3cccc(c13)O2. The van der Waals surface area contributed by atoms with Crippen molar-refractivity contribution < 1.29 is 9.47 Å². The summed E-state index contributed by atoms with van der Waals surface area (Å²) in [5, 5.41) is 8.11. The molecular formula is C16H12N2O3. The summed E-state index contributed by atoms with van der Waals surface area (Å²) < 4.78 is 11.1. The predicted molar refractivity (Wildman–Crippen MR) is 78.6 cm³/mol. The molecule has 1 aliphatic rings. The molecule has 0 amide bonds. The van der Waals surface area contributed by atoms with Crippen LogP contribution in [0.3, 0.4) is 0 Å². The minimum Gasteiger partial charge on any atom is -0.456 e. The summed E-state index contributed by atoms with van der Waals surface area (Å²) in [6.45, 7) is 0.515. The Kier molecular flexibility index (Phi) is 2.55. The summed E-state index contributed by atoms with van der Waals surface area (Å²) in [7, 11) is 1.65. The molecule has 21 heavy (non-hydrogen) atoms. The number of ether oxygens (including phenoxy) is 2. The lowest BCUT2D eigenvalue weighted by Crippen LogP contribution is -2.12. The largest absolute Gasteiger partial charge is 0.456 e. The van der Waals surface area contributed by atoms with Gasteiger partial charge in [0, 0.05) is 12.7 Å². The summed E-state index contributed by atoms with van der Waals surface area (Å²) in [5.41, 5.74) is 2.42. The van der Waals surface area contributed by atoms with Gasteiger partial charge in [0.1, 0.15) is 17.2 Å². The van der Waals surface area contributed by atoms with Crippen LogP contribution in [0.15, 0.2) is 41.2 Å². The average Bonchev–Trinajstić information content (AvgIpc) is 2.51. The number of nitrogens with zero attached hydrogens (tertiary/aromatic N) is 1. The maximum Gasteiger partial charge on any atom is 0.272 e. The Hall–Kier alpha value is -2.66. The molecule has 1 N–H and O–H groups in total. The Balaban J connectivity index is 2.06. The molecule has 0 spiro atoms. The van der Waals surface area contributed by atoms with Gasteiger partial charge in [0.2, 0.25) is 0 Å². The van der Waals surface area contributed by atoms with E-state index in [0.29, 0.717) is 17.7 Å². The standard InChI is InChI=1S/C16H12N2O3/c1-20-8-9-5-6-12-11(7-9)15-14-10(16(19)18-17-15)3-2-4-13(14)21-12/h2-7H,8H2,1H3,(H,18,19). The molecule has 1 aromatic heterocycles. The van der Waals surface area contributed by atoms with Crippen LogP contribution < -0.4 is 10.3 Å². The summed E-state index contributed by atoms with van der Waals surface area (Å²) in [4.78, 5) is 11.9. The number of fused-ring (bicyclic) bond motifs is 2. The highest BCUT2D eigenvalue weighted by Gasteiger charge is 2.22. The smallest absolute Gasteiger partial charge is 0.272 e. The number of H-pyrrole nitrogens is 1. The maximum atomic E-state index is 11.9. The highest BCUT2D eigenvalue weighted by molar-refractivity contribution is 6.01. The fraction of sp³-hybridized carbons (Fsp3) is 0.125. The Bertz CT molecular complexity index is 915. The maximum absolute atomic E-state index is 11.9. The van der Waals surface area contributed by atoms with Crippen molar-refractivity contribution in [3.05, 3.63) is 52.3 Å². The Labute approximate surface area is 120 Å². The van der Waals surface area contributed by atoms with Crippen LogP contribution in [0.4, 0.5) is 0 Å². The first kappa shape index (κ1) is 12.1. The summed E-state index contributed by atoms with van der Waals surface area (Å²) in [5.74, 6) is 1.39. The zero-order chi connectivity index (χ0) is 14.4. The lowest BCUT2D eigenvalue weighted by Gasteiger charge is -2.20. The van der Waals surface area contributed by atoms with Crippen LogP contribution in [-0.4, -0.2) is 17.3 Å². The van der Waals surface area contributed by atoms with E-state index in [1.54, 1.807) is 19.2 Å². The van der Waals surface area contributed by atoms with E-state index in [0.717, 1.165) is 28.0 Å². The first-order valence-corrected chi connectivity index (χ1v) is 6.59. The molecule has 5 nitrogen and oxygen atoms in total. The van der Waals surface area contributed by atoms with E-state index in [4.69, 9.17) is 9.47 Å². The van der Waals surface area contributed by atoms with Crippen LogP contribution in [0, 0.1) is 0 Å². The molecule has 0 saturated carbocycles. The summed E-state index contributed by atoms with van der Waals surface area (Å²) in [6.07, 6.45) is 0. The van der Waals surface area contributed by atoms with Crippen LogP contribution in [0.2, 0.25) is 0 Å². The predicted octanol–water partition coefficient (Wildman–Crippen LogP) is 2.84. The second-order valence-electron chi connectivity index (χ2n) is 4.95. The van der Waals surface area contributed by atoms with Gasteiger partial charge in [0.05, 0.1) is 17.4 Å². The number of aromatic nitrogens is 2. The molecule has 0 radical (unpaired) electrons. The van der Waals surface area contributed by atoms with Gasteiger partial charge in [-0.05, 0) is 29.8 Å². The van der Waals surface area contributed by atoms with E-state index in [2.05, 4.69) is 10.2 Å². The second-order valence-corrected chi connectivity index (χ2v) is 4.95. The summed E-state index contributed by atoms with van der Waals surface area (Å²) in [6, 6.07) is 11.3. The molecule has 0 fully saturated rings. The minimum atomic E-state index is -0.212. The monoisotopic (exact) mass is 280 g/mol. The second kappa shape index (κ2) is 4.43. The van der Waals surface area contributed by atoms with Gasteiger partial charge in [0.25, 0.3) is 5.56 Å². The molecule has 0 aliphatic carbocycles. The van der Waals surface area contributed by atoms with Crippen molar-refractivity contribution in [3.63, 3.8) is 0 Å². The third kappa shape index (κ3) is 1.75. The molecule has 0 saturated heterocycles. The van der Waals surface area contributed by atoms with Gasteiger partial charge < -0.3 is 9.47 Å². The fourth-order valence-corrected chi connectivity index (χ4v) is 2.69. The number of methoxy groups -OCH3 is 1. The quantitative estimate of drug-likeness (QED) is 0.613. The lowest BCUT2D eigenvalue weighted by atomic mass is 9.99. The van der Waals surface area contributed by atoms with Gasteiger partial charge in [-0.15, -0.1) is 0 Å². The van der Waals surface area contributed by atoms with E-state index < -0.39 is 0 Å². The van der Waals surface area contributed by atoms with Crippen molar-refractivity contribution in [2.75, 3.05) is 7.11 Å².